The molecule has 0 heterocycles. The molecule has 0 fully saturated rings. The van der Waals surface area contributed by atoms with Gasteiger partial charge in [0.05, 0.1) is 0 Å². The quantitative estimate of drug-likeness (QED) is 0.373. The summed E-state index contributed by atoms with van der Waals surface area (Å²) in [5, 5.41) is 5.29. The maximum Gasteiger partial charge on any atom is -0.00990 e. The molecule has 0 unspecified atom stereocenters. The zero-order chi connectivity index (χ0) is 15.6. The van der Waals surface area contributed by atoms with Crippen molar-refractivity contribution in [3.05, 3.63) is 84.4 Å². The first-order valence-electron chi connectivity index (χ1n) is 8.36. The molecular weight excluding hydrogens is 276 g/mol. The fraction of sp³-hybridized carbons (Fsp3) is 0.130. The van der Waals surface area contributed by atoms with Gasteiger partial charge in [-0.1, -0.05) is 86.1 Å². The van der Waals surface area contributed by atoms with Crippen LogP contribution in [0.15, 0.2) is 78.9 Å². The highest BCUT2D eigenvalue weighted by Gasteiger charge is 2.08. The average molecular weight is 296 g/mol. The summed E-state index contributed by atoms with van der Waals surface area (Å²) in [6, 6.07) is 28.8. The molecule has 0 aliphatic carbocycles. The van der Waals surface area contributed by atoms with Crippen molar-refractivity contribution in [2.75, 3.05) is 0 Å². The number of aryl methyl sites for hydroxylation is 1. The number of rotatable bonds is 3. The molecule has 0 saturated heterocycles. The molecule has 112 valence electrons. The van der Waals surface area contributed by atoms with Crippen LogP contribution in [0.1, 0.15) is 18.9 Å². The van der Waals surface area contributed by atoms with Crippen LogP contribution >= 0.6 is 0 Å². The highest BCUT2D eigenvalue weighted by Crippen LogP contribution is 2.34. The summed E-state index contributed by atoms with van der Waals surface area (Å²) in [6.45, 7) is 2.23. The molecule has 23 heavy (non-hydrogen) atoms. The summed E-state index contributed by atoms with van der Waals surface area (Å²) in [7, 11) is 0. The van der Waals surface area contributed by atoms with Gasteiger partial charge in [0.2, 0.25) is 0 Å². The van der Waals surface area contributed by atoms with Crippen molar-refractivity contribution in [2.24, 2.45) is 0 Å². The number of fused-ring (bicyclic) bond motifs is 3. The van der Waals surface area contributed by atoms with E-state index < -0.39 is 0 Å². The lowest BCUT2D eigenvalue weighted by Gasteiger charge is -2.11. The van der Waals surface area contributed by atoms with Crippen LogP contribution in [0.5, 0.6) is 0 Å². The van der Waals surface area contributed by atoms with E-state index in [0.29, 0.717) is 0 Å². The van der Waals surface area contributed by atoms with Crippen LogP contribution in [0.2, 0.25) is 0 Å². The highest BCUT2D eigenvalue weighted by molar-refractivity contribution is 6.13. The van der Waals surface area contributed by atoms with Gasteiger partial charge >= 0.3 is 0 Å². The van der Waals surface area contributed by atoms with Crippen LogP contribution in [0.3, 0.4) is 0 Å². The highest BCUT2D eigenvalue weighted by atomic mass is 14.1. The first-order valence-corrected chi connectivity index (χ1v) is 8.36. The van der Waals surface area contributed by atoms with Crippen LogP contribution in [-0.2, 0) is 6.42 Å². The smallest absolute Gasteiger partial charge is 0.00990 e. The Morgan fingerprint density at radius 1 is 0.652 bits per heavy atom. The van der Waals surface area contributed by atoms with E-state index in [2.05, 4.69) is 85.8 Å². The number of hydrogen-bond acceptors (Lipinski definition) is 0. The Kier molecular flexibility index (Phi) is 3.59. The van der Waals surface area contributed by atoms with E-state index in [-0.39, 0.29) is 0 Å². The summed E-state index contributed by atoms with van der Waals surface area (Å²) in [6.07, 6.45) is 2.34. The minimum absolute atomic E-state index is 1.15. The number of benzene rings is 4. The van der Waals surface area contributed by atoms with Gasteiger partial charge in [-0.2, -0.15) is 0 Å². The topological polar surface area (TPSA) is 0 Å². The Balaban J connectivity index is 1.97. The molecule has 4 aromatic rings. The second-order valence-electron chi connectivity index (χ2n) is 6.14. The first kappa shape index (κ1) is 14.0. The monoisotopic (exact) mass is 296 g/mol. The first-order chi connectivity index (χ1) is 11.4. The normalized spacial score (nSPS) is 11.2. The van der Waals surface area contributed by atoms with E-state index in [9.17, 15) is 0 Å². The van der Waals surface area contributed by atoms with E-state index >= 15 is 0 Å². The van der Waals surface area contributed by atoms with Crippen LogP contribution in [0, 0.1) is 0 Å². The molecule has 0 spiro atoms. The molecule has 0 nitrogen and oxygen atoms in total. The lowest BCUT2D eigenvalue weighted by atomic mass is 9.93. The third-order valence-corrected chi connectivity index (χ3v) is 4.57. The van der Waals surface area contributed by atoms with Gasteiger partial charge < -0.3 is 0 Å². The van der Waals surface area contributed by atoms with Crippen molar-refractivity contribution in [1.82, 2.24) is 0 Å². The largest absolute Gasteiger partial charge is 0.0651 e. The Bertz CT molecular complexity index is 962. The van der Waals surface area contributed by atoms with Crippen LogP contribution in [0.4, 0.5) is 0 Å². The van der Waals surface area contributed by atoms with Crippen molar-refractivity contribution in [3.63, 3.8) is 0 Å². The van der Waals surface area contributed by atoms with Gasteiger partial charge in [0.1, 0.15) is 0 Å². The molecule has 0 aliphatic rings. The van der Waals surface area contributed by atoms with Crippen LogP contribution < -0.4 is 0 Å². The van der Waals surface area contributed by atoms with Crippen molar-refractivity contribution in [3.8, 4) is 11.1 Å². The molecule has 0 N–H and O–H groups in total. The molecule has 0 bridgehead atoms. The predicted octanol–water partition coefficient (Wildman–Crippen LogP) is 6.61. The SMILES string of the molecule is CCCc1ccc(-c2cc3ccccc3c3ccccc23)cc1. The standard InChI is InChI=1S/C23H20/c1-2-7-17-12-14-18(15-13-17)23-16-19-8-3-4-9-20(19)21-10-5-6-11-22(21)23/h3-6,8-16H,2,7H2,1H3. The van der Waals surface area contributed by atoms with E-state index in [1.807, 2.05) is 0 Å². The summed E-state index contributed by atoms with van der Waals surface area (Å²) in [4.78, 5) is 0. The fourth-order valence-electron chi connectivity index (χ4n) is 3.43. The second kappa shape index (κ2) is 5.89. The Morgan fingerprint density at radius 2 is 1.30 bits per heavy atom. The molecule has 4 aromatic carbocycles. The summed E-state index contributed by atoms with van der Waals surface area (Å²) in [5.74, 6) is 0. The lowest BCUT2D eigenvalue weighted by Crippen LogP contribution is -1.86. The third-order valence-electron chi connectivity index (χ3n) is 4.57. The van der Waals surface area contributed by atoms with E-state index in [1.54, 1.807) is 0 Å². The Labute approximate surface area is 137 Å². The van der Waals surface area contributed by atoms with Gasteiger partial charge in [0.15, 0.2) is 0 Å². The van der Waals surface area contributed by atoms with E-state index in [4.69, 9.17) is 0 Å². The Morgan fingerprint density at radius 3 is 2.04 bits per heavy atom. The molecule has 0 heteroatoms. The third kappa shape index (κ3) is 2.51. The molecule has 0 aromatic heterocycles. The molecule has 0 saturated carbocycles. The van der Waals surface area contributed by atoms with Gasteiger partial charge in [-0.15, -0.1) is 0 Å². The number of hydrogen-bond donors (Lipinski definition) is 0. The van der Waals surface area contributed by atoms with Crippen molar-refractivity contribution in [2.45, 2.75) is 19.8 Å². The predicted molar refractivity (Wildman–Crippen MR) is 101 cm³/mol. The molecular formula is C23H20. The van der Waals surface area contributed by atoms with Crippen molar-refractivity contribution in [1.29, 1.82) is 0 Å². The molecule has 0 aliphatic heterocycles. The molecule has 0 amide bonds. The van der Waals surface area contributed by atoms with Gasteiger partial charge in [0, 0.05) is 0 Å². The minimum Gasteiger partial charge on any atom is -0.0651 e. The average Bonchev–Trinajstić information content (AvgIpc) is 2.62. The second-order valence-corrected chi connectivity index (χ2v) is 6.14. The van der Waals surface area contributed by atoms with E-state index in [1.165, 1.54) is 44.7 Å². The maximum atomic E-state index is 2.33. The van der Waals surface area contributed by atoms with Gasteiger partial charge in [-0.25, -0.2) is 0 Å². The minimum atomic E-state index is 1.15. The zero-order valence-corrected chi connectivity index (χ0v) is 13.4. The van der Waals surface area contributed by atoms with Crippen LogP contribution in [-0.4, -0.2) is 0 Å². The lowest BCUT2D eigenvalue weighted by molar-refractivity contribution is 0.922. The van der Waals surface area contributed by atoms with Crippen molar-refractivity contribution >= 4 is 21.5 Å². The van der Waals surface area contributed by atoms with Gasteiger partial charge in [0.25, 0.3) is 0 Å². The Hall–Kier alpha value is -2.60. The molecule has 4 rings (SSSR count). The summed E-state index contributed by atoms with van der Waals surface area (Å²) in [5.41, 5.74) is 4.04. The fourth-order valence-corrected chi connectivity index (χ4v) is 3.43. The van der Waals surface area contributed by atoms with Crippen LogP contribution in [0.25, 0.3) is 32.7 Å². The zero-order valence-electron chi connectivity index (χ0n) is 13.4. The summed E-state index contributed by atoms with van der Waals surface area (Å²) >= 11 is 0. The van der Waals surface area contributed by atoms with Gasteiger partial charge in [-0.3, -0.25) is 0 Å². The molecule has 0 atom stereocenters. The summed E-state index contributed by atoms with van der Waals surface area (Å²) < 4.78 is 0. The van der Waals surface area contributed by atoms with Crippen molar-refractivity contribution < 1.29 is 0 Å². The van der Waals surface area contributed by atoms with E-state index in [0.717, 1.165) is 6.42 Å². The maximum absolute atomic E-state index is 2.33. The molecule has 0 radical (unpaired) electrons. The van der Waals surface area contributed by atoms with Gasteiger partial charge in [-0.05, 0) is 50.7 Å².